The number of aromatic nitrogens is 5. The molecule has 0 bridgehead atoms. The molecule has 0 spiro atoms. The fraction of sp³-hybridized carbons (Fsp3) is 0.500. The Morgan fingerprint density at radius 2 is 2.07 bits per heavy atom. The summed E-state index contributed by atoms with van der Waals surface area (Å²) in [5, 5.41) is 18.3. The number of H-pyrrole nitrogens is 1. The Labute approximate surface area is 172 Å². The highest BCUT2D eigenvalue weighted by Crippen LogP contribution is 2.42. The quantitative estimate of drug-likeness (QED) is 0.636. The van der Waals surface area contributed by atoms with E-state index in [2.05, 4.69) is 24.7 Å². The Kier molecular flexibility index (Phi) is 4.79. The van der Waals surface area contributed by atoms with Gasteiger partial charge in [0.25, 0.3) is 0 Å². The van der Waals surface area contributed by atoms with Gasteiger partial charge in [-0.1, -0.05) is 23.9 Å². The van der Waals surface area contributed by atoms with Gasteiger partial charge in [-0.05, 0) is 43.7 Å². The van der Waals surface area contributed by atoms with Gasteiger partial charge in [0.15, 0.2) is 0 Å². The minimum atomic E-state index is -0.422. The maximum absolute atomic E-state index is 12.7. The van der Waals surface area contributed by atoms with Gasteiger partial charge < -0.3 is 14.6 Å². The second kappa shape index (κ2) is 7.46. The van der Waals surface area contributed by atoms with Crippen LogP contribution in [0.3, 0.4) is 0 Å². The summed E-state index contributed by atoms with van der Waals surface area (Å²) in [6, 6.07) is 8.03. The number of nitrogens with one attached hydrogen (secondary N) is 1. The van der Waals surface area contributed by atoms with Crippen LogP contribution in [-0.2, 0) is 4.79 Å². The predicted octanol–water partition coefficient (Wildman–Crippen LogP) is 2.03. The monoisotopic (exact) mass is 412 g/mol. The van der Waals surface area contributed by atoms with Crippen LogP contribution in [0.4, 0.5) is 0 Å². The zero-order valence-electron chi connectivity index (χ0n) is 16.2. The highest BCUT2D eigenvalue weighted by Gasteiger charge is 2.43. The van der Waals surface area contributed by atoms with Crippen LogP contribution in [0.2, 0.25) is 0 Å². The molecule has 9 heteroatoms. The van der Waals surface area contributed by atoms with Gasteiger partial charge >= 0.3 is 0 Å². The number of fused-ring (bicyclic) bond motifs is 2. The van der Waals surface area contributed by atoms with E-state index in [1.807, 2.05) is 42.4 Å². The lowest BCUT2D eigenvalue weighted by Crippen LogP contribution is -2.36. The molecule has 0 radical (unpaired) electrons. The molecule has 1 saturated carbocycles. The summed E-state index contributed by atoms with van der Waals surface area (Å²) in [6.45, 7) is 3.33. The zero-order chi connectivity index (χ0) is 20.0. The molecule has 1 aromatic carbocycles. The summed E-state index contributed by atoms with van der Waals surface area (Å²) in [5.41, 5.74) is 2.00. The van der Waals surface area contributed by atoms with Crippen LogP contribution < -0.4 is 0 Å². The standard InChI is InChI=1S/C20H24N6O2S/c1-12-22-20(24-23-12)29-10-19(28)25-8-13-6-17(18(27)7-14(13)9-25)26-11-21-15-4-2-3-5-16(15)26/h2-5,11,13-14,17-18,27H,6-10H2,1H3,(H,22,23,24)/t13-,14+,17-,18-/m1/s1. The van der Waals surface area contributed by atoms with Crippen LogP contribution in [0.25, 0.3) is 11.0 Å². The molecule has 1 aliphatic heterocycles. The predicted molar refractivity (Wildman–Crippen MR) is 109 cm³/mol. The van der Waals surface area contributed by atoms with Gasteiger partial charge in [-0.25, -0.2) is 9.97 Å². The van der Waals surface area contributed by atoms with Gasteiger partial charge in [0.05, 0.1) is 35.3 Å². The molecule has 1 aliphatic carbocycles. The first-order valence-electron chi connectivity index (χ1n) is 9.97. The summed E-state index contributed by atoms with van der Waals surface area (Å²) in [5.74, 6) is 1.97. The summed E-state index contributed by atoms with van der Waals surface area (Å²) < 4.78 is 2.11. The molecule has 0 unspecified atom stereocenters. The molecule has 1 saturated heterocycles. The van der Waals surface area contributed by atoms with Gasteiger partial charge in [0.1, 0.15) is 5.82 Å². The molecule has 5 rings (SSSR count). The van der Waals surface area contributed by atoms with E-state index < -0.39 is 6.10 Å². The first-order chi connectivity index (χ1) is 14.1. The average Bonchev–Trinajstić information content (AvgIpc) is 3.43. The molecule has 29 heavy (non-hydrogen) atoms. The summed E-state index contributed by atoms with van der Waals surface area (Å²) >= 11 is 1.36. The molecule has 2 fully saturated rings. The molecular weight excluding hydrogens is 388 g/mol. The van der Waals surface area contributed by atoms with Crippen LogP contribution in [0, 0.1) is 18.8 Å². The number of nitrogens with zero attached hydrogens (tertiary/aromatic N) is 5. The molecule has 4 atom stereocenters. The van der Waals surface area contributed by atoms with Crippen molar-refractivity contribution < 1.29 is 9.90 Å². The number of imidazole rings is 1. The Morgan fingerprint density at radius 1 is 1.28 bits per heavy atom. The van der Waals surface area contributed by atoms with Crippen molar-refractivity contribution >= 4 is 28.7 Å². The Hall–Kier alpha value is -2.39. The smallest absolute Gasteiger partial charge is 0.233 e. The number of thioether (sulfide) groups is 1. The van der Waals surface area contributed by atoms with Crippen molar-refractivity contribution in [2.45, 2.75) is 37.1 Å². The van der Waals surface area contributed by atoms with Crippen LogP contribution in [0.5, 0.6) is 0 Å². The van der Waals surface area contributed by atoms with Crippen molar-refractivity contribution in [3.8, 4) is 0 Å². The fourth-order valence-electron chi connectivity index (χ4n) is 4.76. The lowest BCUT2D eigenvalue weighted by Gasteiger charge is -2.36. The van der Waals surface area contributed by atoms with E-state index in [0.717, 1.165) is 42.8 Å². The maximum Gasteiger partial charge on any atom is 0.233 e. The summed E-state index contributed by atoms with van der Waals surface area (Å²) in [6.07, 6.45) is 3.00. The Bertz CT molecular complexity index is 1030. The molecule has 2 aromatic heterocycles. The zero-order valence-corrected chi connectivity index (χ0v) is 17.0. The van der Waals surface area contributed by atoms with Crippen molar-refractivity contribution in [1.82, 2.24) is 29.6 Å². The lowest BCUT2D eigenvalue weighted by molar-refractivity contribution is -0.127. The van der Waals surface area contributed by atoms with Crippen molar-refractivity contribution in [3.63, 3.8) is 0 Å². The molecule has 2 N–H and O–H groups in total. The number of aryl methyl sites for hydroxylation is 1. The number of hydrogen-bond acceptors (Lipinski definition) is 6. The number of amides is 1. The molecule has 3 heterocycles. The SMILES string of the molecule is Cc1nc(SCC(=O)N2C[C@H]3C[C@@H](n4cnc5ccccc54)[C@H](O)C[C@H]3C2)n[nH]1. The van der Waals surface area contributed by atoms with E-state index in [1.54, 1.807) is 0 Å². The van der Waals surface area contributed by atoms with E-state index in [9.17, 15) is 9.90 Å². The summed E-state index contributed by atoms with van der Waals surface area (Å²) in [4.78, 5) is 23.4. The lowest BCUT2D eigenvalue weighted by atomic mass is 9.77. The average molecular weight is 413 g/mol. The number of rotatable bonds is 4. The van der Waals surface area contributed by atoms with E-state index >= 15 is 0 Å². The van der Waals surface area contributed by atoms with Crippen molar-refractivity contribution in [2.75, 3.05) is 18.8 Å². The van der Waals surface area contributed by atoms with Crippen LogP contribution in [0.1, 0.15) is 24.7 Å². The van der Waals surface area contributed by atoms with E-state index in [4.69, 9.17) is 0 Å². The fourth-order valence-corrected chi connectivity index (χ4v) is 5.50. The molecule has 8 nitrogen and oxygen atoms in total. The first kappa shape index (κ1) is 18.6. The summed E-state index contributed by atoms with van der Waals surface area (Å²) in [7, 11) is 0. The van der Waals surface area contributed by atoms with E-state index in [0.29, 0.717) is 22.7 Å². The minimum absolute atomic E-state index is 0.00399. The van der Waals surface area contributed by atoms with Crippen LogP contribution >= 0.6 is 11.8 Å². The minimum Gasteiger partial charge on any atom is -0.391 e. The van der Waals surface area contributed by atoms with Gasteiger partial charge in [-0.15, -0.1) is 5.10 Å². The first-order valence-corrected chi connectivity index (χ1v) is 11.0. The number of hydrogen-bond donors (Lipinski definition) is 2. The number of aliphatic hydroxyl groups is 1. The normalized spacial score (nSPS) is 26.8. The third-order valence-electron chi connectivity index (χ3n) is 6.20. The largest absolute Gasteiger partial charge is 0.391 e. The molecule has 3 aromatic rings. The van der Waals surface area contributed by atoms with Gasteiger partial charge in [0.2, 0.25) is 11.1 Å². The van der Waals surface area contributed by atoms with Gasteiger partial charge in [0, 0.05) is 13.1 Å². The third kappa shape index (κ3) is 3.53. The number of aromatic amines is 1. The number of carbonyl (C=O) groups excluding carboxylic acids is 1. The number of likely N-dealkylation sites (tertiary alicyclic amines) is 1. The number of benzene rings is 1. The van der Waals surface area contributed by atoms with Gasteiger partial charge in [-0.2, -0.15) is 0 Å². The second-order valence-corrected chi connectivity index (χ2v) is 9.00. The Balaban J connectivity index is 1.25. The number of aliphatic hydroxyl groups excluding tert-OH is 1. The van der Waals surface area contributed by atoms with Crippen molar-refractivity contribution in [2.24, 2.45) is 11.8 Å². The Morgan fingerprint density at radius 3 is 2.86 bits per heavy atom. The second-order valence-electron chi connectivity index (χ2n) is 8.06. The van der Waals surface area contributed by atoms with Gasteiger partial charge in [-0.3, -0.25) is 9.89 Å². The number of carbonyl (C=O) groups is 1. The molecular formula is C20H24N6O2S. The topological polar surface area (TPSA) is 99.9 Å². The molecule has 1 amide bonds. The van der Waals surface area contributed by atoms with Crippen molar-refractivity contribution in [1.29, 1.82) is 0 Å². The number of para-hydroxylation sites is 2. The molecule has 2 aliphatic rings. The van der Waals surface area contributed by atoms with Crippen LogP contribution in [-0.4, -0.2) is 65.6 Å². The van der Waals surface area contributed by atoms with Crippen molar-refractivity contribution in [3.05, 3.63) is 36.4 Å². The van der Waals surface area contributed by atoms with Crippen LogP contribution in [0.15, 0.2) is 35.7 Å². The van der Waals surface area contributed by atoms with E-state index in [-0.39, 0.29) is 11.9 Å². The highest BCUT2D eigenvalue weighted by atomic mass is 32.2. The molecule has 152 valence electrons. The van der Waals surface area contributed by atoms with E-state index in [1.165, 1.54) is 11.8 Å². The maximum atomic E-state index is 12.7. The highest BCUT2D eigenvalue weighted by molar-refractivity contribution is 7.99. The third-order valence-corrected chi connectivity index (χ3v) is 7.03.